The molecule has 2 rings (SSSR count). The number of carboxylic acids is 1. The van der Waals surface area contributed by atoms with Crippen LogP contribution in [0, 0.1) is 6.92 Å². The van der Waals surface area contributed by atoms with Gasteiger partial charge < -0.3 is 10.4 Å². The van der Waals surface area contributed by atoms with Gasteiger partial charge in [0.15, 0.2) is 0 Å². The lowest BCUT2D eigenvalue weighted by Gasteiger charge is -2.23. The second-order valence-corrected chi connectivity index (χ2v) is 6.53. The third-order valence-electron chi connectivity index (χ3n) is 3.42. The first-order chi connectivity index (χ1) is 9.93. The lowest BCUT2D eigenvalue weighted by Crippen LogP contribution is -2.54. The molecule has 1 aromatic rings. The highest BCUT2D eigenvalue weighted by molar-refractivity contribution is 7.99. The summed E-state index contributed by atoms with van der Waals surface area (Å²) in [6, 6.07) is 5.48. The zero-order chi connectivity index (χ0) is 15.5. The molecule has 0 radical (unpaired) electrons. The molecule has 1 amide bonds. The van der Waals surface area contributed by atoms with Crippen LogP contribution in [0.1, 0.15) is 17.5 Å². The van der Waals surface area contributed by atoms with Crippen LogP contribution in [-0.4, -0.2) is 34.0 Å². The Morgan fingerprint density at radius 2 is 2.24 bits per heavy atom. The molecule has 0 aromatic heterocycles. The molecular weight excluding hydrogens is 310 g/mol. The second kappa shape index (κ2) is 6.54. The van der Waals surface area contributed by atoms with E-state index in [-0.39, 0.29) is 0 Å². The second-order valence-electron chi connectivity index (χ2n) is 5.02. The van der Waals surface area contributed by atoms with Crippen LogP contribution in [0.5, 0.6) is 0 Å². The minimum atomic E-state index is -1.14. The highest BCUT2D eigenvalue weighted by Crippen LogP contribution is 2.28. The number of aryl methyl sites for hydroxylation is 1. The standard InChI is InChI=1S/C15H16ClNO3S/c1-10-2-3-11(8-12(10)16)4-5-13(18)17-15(14(19)20)6-7-21-9-15/h2-5,8H,6-7,9H2,1H3,(H,17,18)(H,19,20). The Kier molecular flexibility index (Phi) is 4.96. The molecule has 2 N–H and O–H groups in total. The summed E-state index contributed by atoms with van der Waals surface area (Å²) in [4.78, 5) is 23.3. The number of carbonyl (C=O) groups excluding carboxylic acids is 1. The number of hydrogen-bond acceptors (Lipinski definition) is 3. The molecule has 1 aliphatic heterocycles. The molecule has 1 fully saturated rings. The molecular formula is C15H16ClNO3S. The summed E-state index contributed by atoms with van der Waals surface area (Å²) in [5, 5.41) is 12.5. The Morgan fingerprint density at radius 1 is 1.48 bits per heavy atom. The summed E-state index contributed by atoms with van der Waals surface area (Å²) in [7, 11) is 0. The van der Waals surface area contributed by atoms with E-state index in [9.17, 15) is 14.7 Å². The SMILES string of the molecule is Cc1ccc(C=CC(=O)NC2(C(=O)O)CCSC2)cc1Cl. The van der Waals surface area contributed by atoms with Gasteiger partial charge in [0.05, 0.1) is 0 Å². The molecule has 1 aliphatic rings. The lowest BCUT2D eigenvalue weighted by atomic mass is 9.99. The van der Waals surface area contributed by atoms with Crippen molar-refractivity contribution in [2.45, 2.75) is 18.9 Å². The van der Waals surface area contributed by atoms with E-state index in [4.69, 9.17) is 11.6 Å². The summed E-state index contributed by atoms with van der Waals surface area (Å²) in [5.41, 5.74) is 0.619. The number of nitrogens with one attached hydrogen (secondary N) is 1. The van der Waals surface area contributed by atoms with Crippen molar-refractivity contribution in [2.24, 2.45) is 0 Å². The number of carbonyl (C=O) groups is 2. The van der Waals surface area contributed by atoms with Gasteiger partial charge in [-0.1, -0.05) is 23.7 Å². The van der Waals surface area contributed by atoms with Crippen molar-refractivity contribution in [1.82, 2.24) is 5.32 Å². The first-order valence-corrected chi connectivity index (χ1v) is 8.04. The van der Waals surface area contributed by atoms with Crippen molar-refractivity contribution in [3.8, 4) is 0 Å². The number of rotatable bonds is 4. The van der Waals surface area contributed by atoms with Gasteiger partial charge in [0.1, 0.15) is 5.54 Å². The van der Waals surface area contributed by atoms with Crippen molar-refractivity contribution >= 4 is 41.3 Å². The van der Waals surface area contributed by atoms with Crippen LogP contribution in [0.25, 0.3) is 6.08 Å². The minimum Gasteiger partial charge on any atom is -0.479 e. The van der Waals surface area contributed by atoms with E-state index >= 15 is 0 Å². The normalized spacial score (nSPS) is 21.6. The van der Waals surface area contributed by atoms with E-state index in [0.717, 1.165) is 16.9 Å². The fourth-order valence-electron chi connectivity index (χ4n) is 2.05. The Labute approximate surface area is 132 Å². The van der Waals surface area contributed by atoms with E-state index in [0.29, 0.717) is 17.2 Å². The molecule has 1 atom stereocenters. The van der Waals surface area contributed by atoms with Crippen LogP contribution in [0.15, 0.2) is 24.3 Å². The minimum absolute atomic E-state index is 0.401. The Bertz CT molecular complexity index is 595. The maximum Gasteiger partial charge on any atom is 0.330 e. The summed E-state index contributed by atoms with van der Waals surface area (Å²) in [5.74, 6) is -0.244. The first-order valence-electron chi connectivity index (χ1n) is 6.50. The number of thioether (sulfide) groups is 1. The molecule has 1 saturated heterocycles. The number of halogens is 1. The number of amides is 1. The molecule has 1 unspecified atom stereocenters. The fraction of sp³-hybridized carbons (Fsp3) is 0.333. The number of hydrogen-bond donors (Lipinski definition) is 2. The van der Waals surface area contributed by atoms with Crippen molar-refractivity contribution in [1.29, 1.82) is 0 Å². The van der Waals surface area contributed by atoms with Crippen LogP contribution in [0.4, 0.5) is 0 Å². The van der Waals surface area contributed by atoms with Gasteiger partial charge in [0.25, 0.3) is 0 Å². The van der Waals surface area contributed by atoms with Crippen molar-refractivity contribution in [3.63, 3.8) is 0 Å². The first kappa shape index (κ1) is 15.9. The van der Waals surface area contributed by atoms with E-state index in [1.165, 1.54) is 17.8 Å². The van der Waals surface area contributed by atoms with Crippen molar-refractivity contribution < 1.29 is 14.7 Å². The molecule has 1 aromatic carbocycles. The van der Waals surface area contributed by atoms with E-state index in [1.54, 1.807) is 12.1 Å². The molecule has 0 spiro atoms. The highest BCUT2D eigenvalue weighted by atomic mass is 35.5. The topological polar surface area (TPSA) is 66.4 Å². The van der Waals surface area contributed by atoms with Gasteiger partial charge in [-0.05, 0) is 42.4 Å². The van der Waals surface area contributed by atoms with Gasteiger partial charge >= 0.3 is 5.97 Å². The highest BCUT2D eigenvalue weighted by Gasteiger charge is 2.42. The summed E-state index contributed by atoms with van der Waals surface area (Å²) < 4.78 is 0. The number of carboxylic acid groups (broad SMARTS) is 1. The zero-order valence-electron chi connectivity index (χ0n) is 11.6. The van der Waals surface area contributed by atoms with Crippen LogP contribution in [0.3, 0.4) is 0 Å². The van der Waals surface area contributed by atoms with Gasteiger partial charge in [-0.3, -0.25) is 4.79 Å². The van der Waals surface area contributed by atoms with E-state index < -0.39 is 17.4 Å². The fourth-order valence-corrected chi connectivity index (χ4v) is 3.56. The Hall–Kier alpha value is -1.46. The van der Waals surface area contributed by atoms with Gasteiger partial charge in [0.2, 0.25) is 5.91 Å². The Balaban J connectivity index is 2.05. The molecule has 21 heavy (non-hydrogen) atoms. The maximum absolute atomic E-state index is 11.9. The molecule has 0 bridgehead atoms. The summed E-state index contributed by atoms with van der Waals surface area (Å²) >= 11 is 7.55. The third kappa shape index (κ3) is 3.80. The molecule has 0 aliphatic carbocycles. The average molecular weight is 326 g/mol. The molecule has 4 nitrogen and oxygen atoms in total. The van der Waals surface area contributed by atoms with Gasteiger partial charge in [-0.15, -0.1) is 0 Å². The average Bonchev–Trinajstić information content (AvgIpc) is 2.90. The van der Waals surface area contributed by atoms with Crippen LogP contribution in [-0.2, 0) is 9.59 Å². The van der Waals surface area contributed by atoms with Crippen molar-refractivity contribution in [2.75, 3.05) is 11.5 Å². The van der Waals surface area contributed by atoms with Crippen LogP contribution < -0.4 is 5.32 Å². The molecule has 112 valence electrons. The van der Waals surface area contributed by atoms with Crippen LogP contribution >= 0.6 is 23.4 Å². The third-order valence-corrected chi connectivity index (χ3v) is 5.01. The maximum atomic E-state index is 11.9. The zero-order valence-corrected chi connectivity index (χ0v) is 13.1. The predicted octanol–water partition coefficient (Wildman–Crippen LogP) is 2.74. The monoisotopic (exact) mass is 325 g/mol. The molecule has 0 saturated carbocycles. The molecule has 1 heterocycles. The number of aliphatic carboxylic acids is 1. The Morgan fingerprint density at radius 3 is 2.81 bits per heavy atom. The van der Waals surface area contributed by atoms with E-state index in [2.05, 4.69) is 5.32 Å². The van der Waals surface area contributed by atoms with Crippen LogP contribution in [0.2, 0.25) is 5.02 Å². The lowest BCUT2D eigenvalue weighted by molar-refractivity contribution is -0.145. The number of benzene rings is 1. The van der Waals surface area contributed by atoms with E-state index in [1.807, 2.05) is 19.1 Å². The van der Waals surface area contributed by atoms with Gasteiger partial charge in [0, 0.05) is 16.9 Å². The quantitative estimate of drug-likeness (QED) is 0.835. The summed E-state index contributed by atoms with van der Waals surface area (Å²) in [6.07, 6.45) is 3.41. The van der Waals surface area contributed by atoms with Gasteiger partial charge in [-0.2, -0.15) is 11.8 Å². The largest absolute Gasteiger partial charge is 0.479 e. The summed E-state index contributed by atoms with van der Waals surface area (Å²) in [6.45, 7) is 1.90. The van der Waals surface area contributed by atoms with Crippen molar-refractivity contribution in [3.05, 3.63) is 40.4 Å². The predicted molar refractivity (Wildman–Crippen MR) is 85.7 cm³/mol. The van der Waals surface area contributed by atoms with Gasteiger partial charge in [-0.25, -0.2) is 4.79 Å². The molecule has 6 heteroatoms. The smallest absolute Gasteiger partial charge is 0.330 e.